The van der Waals surface area contributed by atoms with E-state index in [0.717, 1.165) is 30.6 Å². The first kappa shape index (κ1) is 20.8. The third-order valence-corrected chi connectivity index (χ3v) is 6.66. The Hall–Kier alpha value is -1.93. The molecule has 1 unspecified atom stereocenters. The van der Waals surface area contributed by atoms with Gasteiger partial charge in [-0.25, -0.2) is 13.1 Å². The first-order chi connectivity index (χ1) is 13.0. The molecule has 0 radical (unpaired) electrons. The van der Waals surface area contributed by atoms with E-state index in [-0.39, 0.29) is 29.3 Å². The van der Waals surface area contributed by atoms with Crippen molar-refractivity contribution in [2.75, 3.05) is 24.5 Å². The minimum atomic E-state index is -3.61. The second-order valence-electron chi connectivity index (χ2n) is 6.95. The van der Waals surface area contributed by atoms with Crippen LogP contribution in [-0.4, -0.2) is 34.0 Å². The van der Waals surface area contributed by atoms with Crippen LogP contribution >= 0.6 is 12.4 Å². The van der Waals surface area contributed by atoms with Crippen LogP contribution in [0.15, 0.2) is 53.4 Å². The normalized spacial score (nSPS) is 19.2. The molecule has 8 heteroatoms. The van der Waals surface area contributed by atoms with Gasteiger partial charge in [-0.2, -0.15) is 0 Å². The van der Waals surface area contributed by atoms with Crippen LogP contribution in [0.2, 0.25) is 0 Å². The molecule has 0 bridgehead atoms. The molecule has 2 aromatic carbocycles. The molecule has 2 aliphatic heterocycles. The second-order valence-corrected chi connectivity index (χ2v) is 8.72. The van der Waals surface area contributed by atoms with Gasteiger partial charge >= 0.3 is 0 Å². The van der Waals surface area contributed by atoms with Crippen molar-refractivity contribution in [2.24, 2.45) is 0 Å². The lowest BCUT2D eigenvalue weighted by Gasteiger charge is -2.27. The Kier molecular flexibility index (Phi) is 6.40. The van der Waals surface area contributed by atoms with Crippen molar-refractivity contribution in [3.63, 3.8) is 0 Å². The van der Waals surface area contributed by atoms with Gasteiger partial charge in [-0.05, 0) is 54.8 Å². The molecule has 28 heavy (non-hydrogen) atoms. The number of carbonyl (C=O) groups is 1. The summed E-state index contributed by atoms with van der Waals surface area (Å²) in [4.78, 5) is 13.7. The molecule has 2 aromatic rings. The summed E-state index contributed by atoms with van der Waals surface area (Å²) in [6.07, 6.45) is 2.35. The van der Waals surface area contributed by atoms with Gasteiger partial charge in [-0.3, -0.25) is 4.79 Å². The largest absolute Gasteiger partial charge is 0.312 e. The summed E-state index contributed by atoms with van der Waals surface area (Å²) in [6.45, 7) is 1.82. The van der Waals surface area contributed by atoms with E-state index in [4.69, 9.17) is 0 Å². The number of nitrogens with one attached hydrogen (secondary N) is 2. The van der Waals surface area contributed by atoms with Crippen molar-refractivity contribution < 1.29 is 13.2 Å². The maximum absolute atomic E-state index is 12.7. The van der Waals surface area contributed by atoms with E-state index >= 15 is 0 Å². The van der Waals surface area contributed by atoms with Crippen LogP contribution in [0, 0.1) is 0 Å². The Morgan fingerprint density at radius 2 is 1.82 bits per heavy atom. The highest BCUT2D eigenvalue weighted by Gasteiger charge is 2.24. The average molecular weight is 422 g/mol. The Labute approximate surface area is 171 Å². The van der Waals surface area contributed by atoms with Crippen LogP contribution in [0.25, 0.3) is 0 Å². The van der Waals surface area contributed by atoms with Crippen molar-refractivity contribution in [1.82, 2.24) is 10.0 Å². The standard InChI is InChI=1S/C20H23N3O3S.ClH/c24-20-6-3-13-23(20)16-7-9-17(10-8-16)27(25,26)22-14-19-18-5-2-1-4-15(18)11-12-21-19;/h1-2,4-5,7-10,19,21-22H,3,6,11-14H2;1H. The first-order valence-corrected chi connectivity index (χ1v) is 10.7. The third kappa shape index (κ3) is 4.22. The van der Waals surface area contributed by atoms with Gasteiger partial charge in [0.05, 0.1) is 4.90 Å². The Morgan fingerprint density at radius 3 is 2.54 bits per heavy atom. The minimum Gasteiger partial charge on any atom is -0.312 e. The average Bonchev–Trinajstić information content (AvgIpc) is 3.12. The van der Waals surface area contributed by atoms with Gasteiger partial charge in [-0.15, -0.1) is 12.4 Å². The van der Waals surface area contributed by atoms with Crippen molar-refractivity contribution in [3.8, 4) is 0 Å². The van der Waals surface area contributed by atoms with Crippen molar-refractivity contribution in [2.45, 2.75) is 30.2 Å². The van der Waals surface area contributed by atoms with E-state index in [0.29, 0.717) is 19.5 Å². The molecule has 1 amide bonds. The summed E-state index contributed by atoms with van der Waals surface area (Å²) in [5.41, 5.74) is 3.16. The molecular weight excluding hydrogens is 398 g/mol. The molecule has 1 atom stereocenters. The van der Waals surface area contributed by atoms with Gasteiger partial charge in [0.1, 0.15) is 0 Å². The second kappa shape index (κ2) is 8.61. The summed E-state index contributed by atoms with van der Waals surface area (Å²) in [6, 6.07) is 14.6. The van der Waals surface area contributed by atoms with Crippen LogP contribution in [0.4, 0.5) is 5.69 Å². The molecule has 0 saturated carbocycles. The quantitative estimate of drug-likeness (QED) is 0.777. The van der Waals surface area contributed by atoms with Crippen molar-refractivity contribution >= 4 is 34.0 Å². The smallest absolute Gasteiger partial charge is 0.240 e. The summed E-state index contributed by atoms with van der Waals surface area (Å²) in [7, 11) is -3.61. The van der Waals surface area contributed by atoms with E-state index < -0.39 is 10.0 Å². The molecule has 0 spiro atoms. The number of hydrogen-bond donors (Lipinski definition) is 2. The lowest BCUT2D eigenvalue weighted by Crippen LogP contribution is -2.38. The fourth-order valence-corrected chi connectivity index (χ4v) is 4.82. The van der Waals surface area contributed by atoms with Crippen molar-refractivity contribution in [3.05, 3.63) is 59.7 Å². The topological polar surface area (TPSA) is 78.5 Å². The summed E-state index contributed by atoms with van der Waals surface area (Å²) >= 11 is 0. The summed E-state index contributed by atoms with van der Waals surface area (Å²) < 4.78 is 28.0. The first-order valence-electron chi connectivity index (χ1n) is 9.26. The molecule has 0 aromatic heterocycles. The lowest BCUT2D eigenvalue weighted by molar-refractivity contribution is -0.117. The number of nitrogens with zero attached hydrogens (tertiary/aromatic N) is 1. The molecule has 150 valence electrons. The Bertz CT molecular complexity index is 947. The Morgan fingerprint density at radius 1 is 1.07 bits per heavy atom. The summed E-state index contributed by atoms with van der Waals surface area (Å²) in [5.74, 6) is 0.0887. The number of fused-ring (bicyclic) bond motifs is 1. The third-order valence-electron chi connectivity index (χ3n) is 5.23. The number of benzene rings is 2. The van der Waals surface area contributed by atoms with Gasteiger partial charge in [0, 0.05) is 31.2 Å². The highest BCUT2D eigenvalue weighted by molar-refractivity contribution is 7.89. The number of hydrogen-bond acceptors (Lipinski definition) is 4. The predicted molar refractivity (Wildman–Crippen MR) is 111 cm³/mol. The van der Waals surface area contributed by atoms with Crippen LogP contribution in [0.5, 0.6) is 0 Å². The lowest BCUT2D eigenvalue weighted by atomic mass is 9.95. The Balaban J connectivity index is 0.00000225. The van der Waals surface area contributed by atoms with Crippen LogP contribution < -0.4 is 14.9 Å². The zero-order valence-electron chi connectivity index (χ0n) is 15.4. The predicted octanol–water partition coefficient (Wildman–Crippen LogP) is 2.40. The molecule has 6 nitrogen and oxygen atoms in total. The number of amides is 1. The van der Waals surface area contributed by atoms with Gasteiger partial charge in [0.15, 0.2) is 0 Å². The van der Waals surface area contributed by atoms with Crippen LogP contribution in [-0.2, 0) is 21.2 Å². The van der Waals surface area contributed by atoms with E-state index in [1.54, 1.807) is 29.2 Å². The highest BCUT2D eigenvalue weighted by Crippen LogP contribution is 2.24. The fourth-order valence-electron chi connectivity index (χ4n) is 3.78. The van der Waals surface area contributed by atoms with E-state index in [1.807, 2.05) is 18.2 Å². The van der Waals surface area contributed by atoms with Crippen molar-refractivity contribution in [1.29, 1.82) is 0 Å². The molecule has 0 aliphatic carbocycles. The van der Waals surface area contributed by atoms with Gasteiger partial charge < -0.3 is 10.2 Å². The molecular formula is C20H24ClN3O3S. The molecule has 2 aliphatic rings. The van der Waals surface area contributed by atoms with E-state index in [1.165, 1.54) is 5.56 Å². The highest BCUT2D eigenvalue weighted by atomic mass is 35.5. The SMILES string of the molecule is Cl.O=C1CCCN1c1ccc(S(=O)(=O)NCC2NCCc3ccccc32)cc1. The van der Waals surface area contributed by atoms with Crippen LogP contribution in [0.1, 0.15) is 30.0 Å². The molecule has 1 saturated heterocycles. The number of halogens is 1. The molecule has 2 N–H and O–H groups in total. The minimum absolute atomic E-state index is 0. The molecule has 1 fully saturated rings. The maximum atomic E-state index is 12.7. The fraction of sp³-hybridized carbons (Fsp3) is 0.350. The number of sulfonamides is 1. The van der Waals surface area contributed by atoms with Crippen LogP contribution in [0.3, 0.4) is 0 Å². The molecule has 2 heterocycles. The zero-order chi connectivity index (χ0) is 18.9. The van der Waals surface area contributed by atoms with E-state index in [9.17, 15) is 13.2 Å². The maximum Gasteiger partial charge on any atom is 0.240 e. The number of carbonyl (C=O) groups excluding carboxylic acids is 1. The molecule has 4 rings (SSSR count). The van der Waals surface area contributed by atoms with Gasteiger partial charge in [0.2, 0.25) is 15.9 Å². The van der Waals surface area contributed by atoms with Gasteiger partial charge in [0.25, 0.3) is 0 Å². The summed E-state index contributed by atoms with van der Waals surface area (Å²) in [5, 5.41) is 3.38. The van der Waals surface area contributed by atoms with E-state index in [2.05, 4.69) is 16.1 Å². The number of anilines is 1. The monoisotopic (exact) mass is 421 g/mol. The number of rotatable bonds is 5. The zero-order valence-corrected chi connectivity index (χ0v) is 17.1. The van der Waals surface area contributed by atoms with Gasteiger partial charge in [-0.1, -0.05) is 24.3 Å².